The van der Waals surface area contributed by atoms with E-state index in [1.807, 2.05) is 11.8 Å². The summed E-state index contributed by atoms with van der Waals surface area (Å²) in [6.45, 7) is 6.86. The molecule has 1 aliphatic carbocycles. The fourth-order valence-electron chi connectivity index (χ4n) is 5.22. The third kappa shape index (κ3) is 4.56. The number of carbonyl (C=O) groups is 1. The van der Waals surface area contributed by atoms with Crippen LogP contribution in [0.1, 0.15) is 41.9 Å². The first-order valence-corrected chi connectivity index (χ1v) is 13.1. The van der Waals surface area contributed by atoms with Gasteiger partial charge in [-0.25, -0.2) is 19.0 Å². The summed E-state index contributed by atoms with van der Waals surface area (Å²) < 4.78 is 15.4. The molecule has 1 saturated carbocycles. The van der Waals surface area contributed by atoms with Crippen LogP contribution in [0.4, 0.5) is 10.2 Å². The highest BCUT2D eigenvalue weighted by molar-refractivity contribution is 5.91. The average Bonchev–Trinajstić information content (AvgIpc) is 3.20. The van der Waals surface area contributed by atoms with Crippen molar-refractivity contribution in [1.29, 1.82) is 0 Å². The SMILES string of the molecule is Cc1ccc(Cc2nc(N3CCN(C(=O)C4CCC4)CC3)c3c(C)nn(-c4ccc(F)cc4)c3n2)cc1. The Balaban J connectivity index is 1.38. The topological polar surface area (TPSA) is 67.2 Å². The summed E-state index contributed by atoms with van der Waals surface area (Å²) in [6.07, 6.45) is 3.80. The summed E-state index contributed by atoms with van der Waals surface area (Å²) in [5, 5.41) is 5.69. The third-order valence-corrected chi connectivity index (χ3v) is 7.63. The van der Waals surface area contributed by atoms with E-state index in [1.165, 1.54) is 17.7 Å². The Bertz CT molecular complexity index is 1430. The number of anilines is 1. The van der Waals surface area contributed by atoms with Crippen molar-refractivity contribution in [3.8, 4) is 5.69 Å². The largest absolute Gasteiger partial charge is 0.352 e. The number of aromatic nitrogens is 4. The normalized spacial score (nSPS) is 16.3. The maximum atomic E-state index is 13.6. The van der Waals surface area contributed by atoms with Gasteiger partial charge in [-0.3, -0.25) is 4.79 Å². The second kappa shape index (κ2) is 9.57. The molecule has 6 rings (SSSR count). The van der Waals surface area contributed by atoms with Crippen molar-refractivity contribution in [2.75, 3.05) is 31.1 Å². The van der Waals surface area contributed by atoms with Crippen molar-refractivity contribution in [1.82, 2.24) is 24.6 Å². The lowest BCUT2D eigenvalue weighted by Crippen LogP contribution is -2.51. The quantitative estimate of drug-likeness (QED) is 0.402. The Labute approximate surface area is 215 Å². The number of aryl methyl sites for hydroxylation is 2. The van der Waals surface area contributed by atoms with Gasteiger partial charge in [0.25, 0.3) is 0 Å². The second-order valence-corrected chi connectivity index (χ2v) is 10.2. The molecule has 0 radical (unpaired) electrons. The number of carbonyl (C=O) groups excluding carboxylic acids is 1. The lowest BCUT2D eigenvalue weighted by atomic mass is 9.84. The zero-order valence-corrected chi connectivity index (χ0v) is 21.3. The van der Waals surface area contributed by atoms with Crippen LogP contribution in [-0.2, 0) is 11.2 Å². The van der Waals surface area contributed by atoms with E-state index in [2.05, 4.69) is 36.1 Å². The van der Waals surface area contributed by atoms with Crippen LogP contribution in [0.5, 0.6) is 0 Å². The number of nitrogens with zero attached hydrogens (tertiary/aromatic N) is 6. The second-order valence-electron chi connectivity index (χ2n) is 10.2. The van der Waals surface area contributed by atoms with Gasteiger partial charge in [-0.1, -0.05) is 36.2 Å². The molecule has 7 nitrogen and oxygen atoms in total. The van der Waals surface area contributed by atoms with Crippen LogP contribution in [0.25, 0.3) is 16.7 Å². The van der Waals surface area contributed by atoms with Gasteiger partial charge >= 0.3 is 0 Å². The molecule has 8 heteroatoms. The fraction of sp³-hybridized carbons (Fsp3) is 0.379. The monoisotopic (exact) mass is 498 g/mol. The molecule has 0 bridgehead atoms. The molecular weight excluding hydrogens is 467 g/mol. The van der Waals surface area contributed by atoms with Gasteiger partial charge in [-0.05, 0) is 56.5 Å². The zero-order valence-electron chi connectivity index (χ0n) is 21.3. The number of piperazine rings is 1. The first-order chi connectivity index (χ1) is 18.0. The minimum absolute atomic E-state index is 0.217. The van der Waals surface area contributed by atoms with Gasteiger partial charge in [0.2, 0.25) is 5.91 Å². The van der Waals surface area contributed by atoms with Gasteiger partial charge < -0.3 is 9.80 Å². The number of halogens is 1. The van der Waals surface area contributed by atoms with E-state index in [0.717, 1.165) is 60.5 Å². The molecule has 0 atom stereocenters. The standard InChI is InChI=1S/C29H31FN6O/c1-19-6-8-21(9-7-19)18-25-31-27(34-14-16-35(17-15-34)29(37)22-4-3-5-22)26-20(2)33-36(28(26)32-25)24-12-10-23(30)11-13-24/h6-13,22H,3-5,14-18H2,1-2H3. The minimum Gasteiger partial charge on any atom is -0.352 e. The highest BCUT2D eigenvalue weighted by Crippen LogP contribution is 2.32. The number of fused-ring (bicyclic) bond motifs is 1. The molecule has 3 heterocycles. The summed E-state index contributed by atoms with van der Waals surface area (Å²) in [5.74, 6) is 1.80. The van der Waals surface area contributed by atoms with E-state index in [9.17, 15) is 9.18 Å². The maximum Gasteiger partial charge on any atom is 0.225 e. The van der Waals surface area contributed by atoms with E-state index in [1.54, 1.807) is 16.8 Å². The molecule has 0 N–H and O–H groups in total. The van der Waals surface area contributed by atoms with Crippen molar-refractivity contribution in [2.24, 2.45) is 5.92 Å². The molecule has 1 saturated heterocycles. The molecule has 190 valence electrons. The van der Waals surface area contributed by atoms with E-state index >= 15 is 0 Å². The van der Waals surface area contributed by atoms with Crippen LogP contribution in [0.2, 0.25) is 0 Å². The Morgan fingerprint density at radius 1 is 0.946 bits per heavy atom. The van der Waals surface area contributed by atoms with E-state index in [-0.39, 0.29) is 11.7 Å². The molecule has 4 aromatic rings. The third-order valence-electron chi connectivity index (χ3n) is 7.63. The molecule has 2 aromatic carbocycles. The zero-order chi connectivity index (χ0) is 25.5. The molecule has 0 spiro atoms. The minimum atomic E-state index is -0.290. The molecule has 2 fully saturated rings. The highest BCUT2D eigenvalue weighted by atomic mass is 19.1. The summed E-state index contributed by atoms with van der Waals surface area (Å²) >= 11 is 0. The summed E-state index contributed by atoms with van der Waals surface area (Å²) in [7, 11) is 0. The number of amides is 1. The number of rotatable bonds is 5. The Morgan fingerprint density at radius 3 is 2.30 bits per heavy atom. The maximum absolute atomic E-state index is 13.6. The van der Waals surface area contributed by atoms with Gasteiger partial charge in [0.1, 0.15) is 17.5 Å². The number of benzene rings is 2. The molecular formula is C29H31FN6O. The highest BCUT2D eigenvalue weighted by Gasteiger charge is 2.32. The van der Waals surface area contributed by atoms with E-state index in [4.69, 9.17) is 15.1 Å². The van der Waals surface area contributed by atoms with Gasteiger partial charge in [0.05, 0.1) is 16.8 Å². The van der Waals surface area contributed by atoms with Gasteiger partial charge in [-0.15, -0.1) is 0 Å². The summed E-state index contributed by atoms with van der Waals surface area (Å²) in [5.41, 5.74) is 4.63. The van der Waals surface area contributed by atoms with Crippen molar-refractivity contribution in [3.63, 3.8) is 0 Å². The molecule has 2 aliphatic rings. The van der Waals surface area contributed by atoms with Crippen molar-refractivity contribution >= 4 is 22.8 Å². The van der Waals surface area contributed by atoms with Crippen LogP contribution in [0, 0.1) is 25.6 Å². The number of hydrogen-bond acceptors (Lipinski definition) is 5. The van der Waals surface area contributed by atoms with Gasteiger partial charge in [0, 0.05) is 38.5 Å². The lowest BCUT2D eigenvalue weighted by Gasteiger charge is -2.38. The van der Waals surface area contributed by atoms with E-state index < -0.39 is 0 Å². The van der Waals surface area contributed by atoms with Crippen LogP contribution >= 0.6 is 0 Å². The fourth-order valence-corrected chi connectivity index (χ4v) is 5.22. The van der Waals surface area contributed by atoms with Gasteiger partial charge in [0.15, 0.2) is 5.65 Å². The van der Waals surface area contributed by atoms with Crippen molar-refractivity contribution < 1.29 is 9.18 Å². The van der Waals surface area contributed by atoms with Crippen molar-refractivity contribution in [3.05, 3.63) is 77.0 Å². The van der Waals surface area contributed by atoms with Crippen molar-refractivity contribution in [2.45, 2.75) is 39.5 Å². The molecule has 0 unspecified atom stereocenters. The average molecular weight is 499 g/mol. The summed E-state index contributed by atoms with van der Waals surface area (Å²) in [6, 6.07) is 14.7. The summed E-state index contributed by atoms with van der Waals surface area (Å²) in [4.78, 5) is 27.1. The van der Waals surface area contributed by atoms with Crippen LogP contribution in [0.3, 0.4) is 0 Å². The van der Waals surface area contributed by atoms with Crippen LogP contribution in [-0.4, -0.2) is 56.7 Å². The smallest absolute Gasteiger partial charge is 0.225 e. The Kier molecular flexibility index (Phi) is 6.10. The van der Waals surface area contributed by atoms with Gasteiger partial charge in [-0.2, -0.15) is 5.10 Å². The predicted octanol–water partition coefficient (Wildman–Crippen LogP) is 4.61. The Hall–Kier alpha value is -3.81. The van der Waals surface area contributed by atoms with E-state index in [0.29, 0.717) is 36.9 Å². The van der Waals surface area contributed by atoms with Crippen LogP contribution < -0.4 is 4.90 Å². The molecule has 37 heavy (non-hydrogen) atoms. The molecule has 1 amide bonds. The van der Waals surface area contributed by atoms with Crippen LogP contribution in [0.15, 0.2) is 48.5 Å². The first kappa shape index (κ1) is 23.6. The Morgan fingerprint density at radius 2 is 1.65 bits per heavy atom. The number of hydrogen-bond donors (Lipinski definition) is 0. The molecule has 1 aliphatic heterocycles. The lowest BCUT2D eigenvalue weighted by molar-refractivity contribution is -0.138. The predicted molar refractivity (Wildman–Crippen MR) is 141 cm³/mol. The molecule has 2 aromatic heterocycles. The first-order valence-electron chi connectivity index (χ1n) is 13.1.